The molecular formula is C3H9Li2P7Si. The molecule has 0 aliphatic heterocycles. The molecule has 0 saturated heterocycles. The van der Waals surface area contributed by atoms with Gasteiger partial charge in [-0.25, -0.2) is 7.55 Å². The summed E-state index contributed by atoms with van der Waals surface area (Å²) in [6.07, 6.45) is 3.82. The van der Waals surface area contributed by atoms with E-state index in [9.17, 15) is 0 Å². The van der Waals surface area contributed by atoms with Gasteiger partial charge in [-0.1, -0.05) is 19.6 Å². The normalized spacial score (nSPS) is 20.7. The van der Waals surface area contributed by atoms with E-state index in [1.165, 1.54) is 0 Å². The van der Waals surface area contributed by atoms with Crippen LogP contribution in [0.2, 0.25) is 19.6 Å². The molecule has 3 atom stereocenters. The number of hydrogen-bond donors (Lipinski definition) is 0. The van der Waals surface area contributed by atoms with Crippen LogP contribution in [0.4, 0.5) is 0 Å². The average molecular weight is 304 g/mol. The molecule has 0 nitrogen and oxygen atoms in total. The van der Waals surface area contributed by atoms with Gasteiger partial charge in [-0.2, -0.15) is 0 Å². The Hall–Kier alpha value is 3.51. The summed E-state index contributed by atoms with van der Waals surface area (Å²) in [6, 6.07) is 0. The maximum absolute atomic E-state index is 2.65. The van der Waals surface area contributed by atoms with E-state index < -0.39 is 7.74 Å². The third kappa shape index (κ3) is 2.25. The summed E-state index contributed by atoms with van der Waals surface area (Å²) in [5, 5.41) is 0. The van der Waals surface area contributed by atoms with Gasteiger partial charge in [0.1, 0.15) is 0 Å². The van der Waals surface area contributed by atoms with Crippen LogP contribution in [0.15, 0.2) is 0 Å². The fourth-order valence-corrected chi connectivity index (χ4v) is 216. The van der Waals surface area contributed by atoms with E-state index in [0.717, 1.165) is 25.5 Å². The molecule has 4 heterocycles. The van der Waals surface area contributed by atoms with Crippen LogP contribution < -0.4 is 37.7 Å². The van der Waals surface area contributed by atoms with Gasteiger partial charge >= 0.3 is 37.7 Å². The predicted octanol–water partition coefficient (Wildman–Crippen LogP) is 1.41. The smallest absolute Gasteiger partial charge is 0.303 e. The van der Waals surface area contributed by atoms with Crippen LogP contribution in [0.3, 0.4) is 0 Å². The van der Waals surface area contributed by atoms with Crippen molar-refractivity contribution in [2.45, 2.75) is 19.6 Å². The second-order valence-electron chi connectivity index (χ2n) is 3.71. The molecular weight excluding hydrogens is 295 g/mol. The van der Waals surface area contributed by atoms with Crippen molar-refractivity contribution in [1.82, 2.24) is 0 Å². The van der Waals surface area contributed by atoms with Crippen molar-refractivity contribution in [2.24, 2.45) is 0 Å². The van der Waals surface area contributed by atoms with Gasteiger partial charge in [0.05, 0.1) is 0 Å². The monoisotopic (exact) mass is 304 g/mol. The van der Waals surface area contributed by atoms with E-state index in [2.05, 4.69) is 34.7 Å². The summed E-state index contributed by atoms with van der Waals surface area (Å²) < 4.78 is 0. The summed E-state index contributed by atoms with van der Waals surface area (Å²) in [6.45, 7) is 7.95. The van der Waals surface area contributed by atoms with E-state index in [-0.39, 0.29) is 37.7 Å². The van der Waals surface area contributed by atoms with Crippen molar-refractivity contribution in [3.63, 3.8) is 0 Å². The van der Waals surface area contributed by atoms with Crippen molar-refractivity contribution in [3.05, 3.63) is 0 Å². The van der Waals surface area contributed by atoms with Crippen LogP contribution >= 0.6 is 47.0 Å². The minimum absolute atomic E-state index is 0. The first kappa shape index (κ1) is 14.6. The van der Waals surface area contributed by atoms with E-state index in [4.69, 9.17) is 0 Å². The third-order valence-electron chi connectivity index (χ3n) is 1.71. The van der Waals surface area contributed by atoms with Gasteiger partial charge in [0.15, 0.2) is 0 Å². The second kappa shape index (κ2) is 4.65. The Kier molecular flexibility index (Phi) is 5.21. The maximum atomic E-state index is 2.65. The molecule has 3 unspecified atom stereocenters. The van der Waals surface area contributed by atoms with Gasteiger partial charge in [-0.3, -0.25) is 25.5 Å². The topological polar surface area (TPSA) is 0 Å². The Labute approximate surface area is 111 Å². The number of hydrogen-bond acceptors (Lipinski definition) is 0. The first-order valence-electron chi connectivity index (χ1n) is 3.52. The zero-order valence-electron chi connectivity index (χ0n) is 8.63. The zero-order chi connectivity index (χ0) is 7.80. The average Bonchev–Trinajstić information content (AvgIpc) is 2.35. The molecule has 0 amide bonds. The van der Waals surface area contributed by atoms with Crippen LogP contribution in [0.25, 0.3) is 0 Å². The standard InChI is InChI=1S/C3H9P7Si.2Li/c1-11(2,3)10-6-4-7-8(5-6)9(7)10;;/h1-3H3;;/q-2;2*+1. The summed E-state index contributed by atoms with van der Waals surface area (Å²) in [5.41, 5.74) is 0. The minimum Gasteiger partial charge on any atom is -0.303 e. The Morgan fingerprint density at radius 2 is 1.38 bits per heavy atom. The molecule has 4 aromatic rings. The molecule has 13 heavy (non-hydrogen) atoms. The molecule has 4 bridgehead atoms. The minimum atomic E-state index is -0.626. The molecule has 0 saturated carbocycles. The molecule has 0 radical (unpaired) electrons. The molecule has 10 heteroatoms. The van der Waals surface area contributed by atoms with Crippen molar-refractivity contribution in [2.75, 3.05) is 0 Å². The molecule has 0 fully saturated rings. The van der Waals surface area contributed by atoms with E-state index >= 15 is 0 Å². The van der Waals surface area contributed by atoms with Crippen LogP contribution in [0, 0.1) is 0 Å². The molecule has 0 aliphatic carbocycles. The van der Waals surface area contributed by atoms with Crippen LogP contribution in [0.5, 0.6) is 0 Å². The van der Waals surface area contributed by atoms with E-state index in [1.54, 1.807) is 0 Å². The molecule has 0 spiro atoms. The molecule has 4 aromatic heterocycles. The molecule has 4 rings (SSSR count). The van der Waals surface area contributed by atoms with Gasteiger partial charge in [-0.05, 0) is 0 Å². The van der Waals surface area contributed by atoms with Gasteiger partial charge in [0.25, 0.3) is 0 Å². The van der Waals surface area contributed by atoms with Gasteiger partial charge in [0, 0.05) is 7.74 Å². The van der Waals surface area contributed by atoms with Crippen LogP contribution in [-0.4, -0.2) is 7.74 Å². The summed E-state index contributed by atoms with van der Waals surface area (Å²) in [5.74, 6) is 0. The van der Waals surface area contributed by atoms with Gasteiger partial charge in [0.2, 0.25) is 0 Å². The summed E-state index contributed by atoms with van der Waals surface area (Å²) >= 11 is 0. The van der Waals surface area contributed by atoms with Gasteiger partial charge in [-0.15, -0.1) is 0 Å². The largest absolute Gasteiger partial charge is 1.00 e. The SMILES string of the molecule is C[Si](C)(C)p1p2[p-]p3p([p-]2)p13.[Li+].[Li+]. The number of rotatable bonds is 1. The Morgan fingerprint density at radius 1 is 0.923 bits per heavy atom. The quantitative estimate of drug-likeness (QED) is 0.596. The van der Waals surface area contributed by atoms with Crippen molar-refractivity contribution in [1.29, 1.82) is 0 Å². The first-order chi connectivity index (χ1) is 5.09. The molecule has 0 aromatic carbocycles. The Morgan fingerprint density at radius 3 is 1.54 bits per heavy atom. The van der Waals surface area contributed by atoms with E-state index in [1.807, 2.05) is 0 Å². The fourth-order valence-electron chi connectivity index (χ4n) is 1.25. The van der Waals surface area contributed by atoms with Crippen LogP contribution in [-0.2, 0) is 0 Å². The Balaban J connectivity index is 0.000000422. The Bertz CT molecular complexity index is 453. The van der Waals surface area contributed by atoms with Gasteiger partial charge < -0.3 is 13.9 Å². The molecule has 0 aliphatic rings. The van der Waals surface area contributed by atoms with Crippen molar-refractivity contribution in [3.8, 4) is 0 Å². The van der Waals surface area contributed by atoms with Crippen molar-refractivity contribution < 1.29 is 37.7 Å². The van der Waals surface area contributed by atoms with E-state index in [0.29, 0.717) is 6.37 Å². The summed E-state index contributed by atoms with van der Waals surface area (Å²) in [7, 11) is 3.51. The maximum Gasteiger partial charge on any atom is 1.00 e. The van der Waals surface area contributed by atoms with Crippen LogP contribution in [0.1, 0.15) is 0 Å². The first-order valence-corrected chi connectivity index (χ1v) is 22.7. The third-order valence-corrected chi connectivity index (χ3v) is 101. The molecule has 62 valence electrons. The second-order valence-corrected chi connectivity index (χ2v) is 52.2. The fraction of sp³-hybridized carbons (Fsp3) is 1.00. The zero-order valence-corrected chi connectivity index (χ0v) is 15.9. The summed E-state index contributed by atoms with van der Waals surface area (Å²) in [4.78, 5) is 0. The molecule has 0 N–H and O–H groups in total. The predicted molar refractivity (Wildman–Crippen MR) is 71.8 cm³/mol. The van der Waals surface area contributed by atoms with Crippen molar-refractivity contribution >= 4 is 54.8 Å².